The van der Waals surface area contributed by atoms with Crippen molar-refractivity contribution in [2.75, 3.05) is 37.7 Å². The third kappa shape index (κ3) is 5.87. The molecule has 5 heterocycles. The number of nitrogens with one attached hydrogen (secondary N) is 1. The van der Waals surface area contributed by atoms with Crippen LogP contribution in [-0.2, 0) is 4.79 Å². The van der Waals surface area contributed by atoms with Crippen LogP contribution in [0.5, 0.6) is 11.8 Å². The van der Waals surface area contributed by atoms with Gasteiger partial charge in [-0.1, -0.05) is 18.6 Å². The number of carbonyl (C=O) groups is 1. The van der Waals surface area contributed by atoms with E-state index in [1.54, 1.807) is 0 Å². The highest BCUT2D eigenvalue weighted by Gasteiger charge is 2.45. The summed E-state index contributed by atoms with van der Waals surface area (Å²) in [7, 11) is 0. The minimum Gasteiger partial charge on any atom is -0.508 e. The molecule has 0 spiro atoms. The summed E-state index contributed by atoms with van der Waals surface area (Å²) in [5.41, 5.74) is -0.365. The molecule has 49 heavy (non-hydrogen) atoms. The smallest absolute Gasteiger partial charge is 0.319 e. The Hall–Kier alpha value is -5.33. The molecule has 2 atom stereocenters. The van der Waals surface area contributed by atoms with Crippen LogP contribution in [0.3, 0.4) is 0 Å². The fraction of sp³-hybridized carbons (Fsp3) is 0.378. The van der Waals surface area contributed by atoms with Crippen molar-refractivity contribution < 1.29 is 23.4 Å². The first kappa shape index (κ1) is 32.2. The largest absolute Gasteiger partial charge is 0.508 e. The van der Waals surface area contributed by atoms with E-state index in [4.69, 9.17) is 16.1 Å². The quantitative estimate of drug-likeness (QED) is 0.202. The van der Waals surface area contributed by atoms with Gasteiger partial charge in [-0.3, -0.25) is 14.7 Å². The van der Waals surface area contributed by atoms with Crippen molar-refractivity contribution in [1.29, 1.82) is 5.26 Å². The Bertz CT molecular complexity index is 2060. The number of phenols is 1. The number of aromatic nitrogens is 3. The van der Waals surface area contributed by atoms with E-state index in [-0.39, 0.29) is 68.8 Å². The summed E-state index contributed by atoms with van der Waals surface area (Å²) in [4.78, 5) is 30.5. The number of pyridine rings is 1. The molecular formula is C37H35F2N7O3. The second kappa shape index (κ2) is 12.9. The van der Waals surface area contributed by atoms with Crippen molar-refractivity contribution in [1.82, 2.24) is 25.2 Å². The molecular weight excluding hydrogens is 628 g/mol. The van der Waals surface area contributed by atoms with Gasteiger partial charge in [0.15, 0.2) is 5.82 Å². The first-order valence-electron chi connectivity index (χ1n) is 16.5. The van der Waals surface area contributed by atoms with Crippen molar-refractivity contribution in [2.24, 2.45) is 5.92 Å². The van der Waals surface area contributed by atoms with E-state index in [9.17, 15) is 19.6 Å². The molecule has 10 nitrogen and oxygen atoms in total. The monoisotopic (exact) mass is 663 g/mol. The number of anilines is 1. The number of rotatable bonds is 7. The van der Waals surface area contributed by atoms with Crippen molar-refractivity contribution in [2.45, 2.75) is 50.1 Å². The van der Waals surface area contributed by atoms with Gasteiger partial charge in [0.1, 0.15) is 35.2 Å². The highest BCUT2D eigenvalue weighted by molar-refractivity contribution is 6.03. The lowest BCUT2D eigenvalue weighted by Crippen LogP contribution is -2.44. The average Bonchev–Trinajstić information content (AvgIpc) is 3.62. The van der Waals surface area contributed by atoms with Gasteiger partial charge in [-0.2, -0.15) is 15.2 Å². The Labute approximate surface area is 282 Å². The maximum Gasteiger partial charge on any atom is 0.319 e. The molecule has 0 saturated carbocycles. The van der Waals surface area contributed by atoms with Gasteiger partial charge < -0.3 is 20.1 Å². The van der Waals surface area contributed by atoms with Gasteiger partial charge in [0.2, 0.25) is 5.91 Å². The number of phenolic OH excluding ortho intramolecular Hbond substituents is 1. The first-order chi connectivity index (χ1) is 23.7. The van der Waals surface area contributed by atoms with Gasteiger partial charge in [-0.25, -0.2) is 8.78 Å². The third-order valence-corrected chi connectivity index (χ3v) is 10.1. The predicted octanol–water partition coefficient (Wildman–Crippen LogP) is 5.23. The maximum atomic E-state index is 17.0. The van der Waals surface area contributed by atoms with Crippen LogP contribution in [-0.4, -0.2) is 75.2 Å². The molecule has 250 valence electrons. The fourth-order valence-electron chi connectivity index (χ4n) is 7.81. The number of ether oxygens (including phenoxy) is 1. The number of fused-ring (bicyclic) bond motifs is 3. The van der Waals surface area contributed by atoms with E-state index in [0.717, 1.165) is 38.8 Å². The number of benzene rings is 2. The van der Waals surface area contributed by atoms with Crippen LogP contribution in [0, 0.1) is 41.2 Å². The lowest BCUT2D eigenvalue weighted by atomic mass is 9.95. The van der Waals surface area contributed by atoms with Crippen LogP contribution in [0.25, 0.3) is 32.9 Å². The van der Waals surface area contributed by atoms with Crippen LogP contribution in [0.2, 0.25) is 0 Å². The lowest BCUT2D eigenvalue weighted by molar-refractivity contribution is -0.117. The second-order valence-corrected chi connectivity index (χ2v) is 13.1. The molecule has 4 aromatic rings. The first-order valence-corrected chi connectivity index (χ1v) is 16.5. The van der Waals surface area contributed by atoms with Gasteiger partial charge in [0.05, 0.1) is 28.5 Å². The number of hydrogen-bond acceptors (Lipinski definition) is 9. The molecule has 12 heteroatoms. The third-order valence-electron chi connectivity index (χ3n) is 10.1. The van der Waals surface area contributed by atoms with Gasteiger partial charge in [0.25, 0.3) is 0 Å². The molecule has 3 aliphatic heterocycles. The van der Waals surface area contributed by atoms with E-state index >= 15 is 4.39 Å². The Kier molecular flexibility index (Phi) is 8.51. The van der Waals surface area contributed by atoms with Gasteiger partial charge in [0, 0.05) is 36.3 Å². The van der Waals surface area contributed by atoms with Crippen molar-refractivity contribution in [3.63, 3.8) is 0 Å². The molecule has 7 rings (SSSR count). The van der Waals surface area contributed by atoms with Crippen LogP contribution in [0.15, 0.2) is 43.1 Å². The van der Waals surface area contributed by atoms with Crippen molar-refractivity contribution in [3.05, 3.63) is 60.3 Å². The molecule has 0 radical (unpaired) electrons. The number of amides is 1. The molecule has 2 N–H and O–H groups in total. The number of hydrogen-bond donors (Lipinski definition) is 2. The van der Waals surface area contributed by atoms with Crippen LogP contribution in [0.1, 0.15) is 44.1 Å². The SMILES string of the molecule is C#Cc1c(F)ccc2cc(O)cc(-c3ncc4c(N5CC[C@@H](C#N)C[C@@H](NC(=O)C=C)C5)nc(OCC56CCCN5CCC6)nc4c3F)c12. The van der Waals surface area contributed by atoms with Crippen molar-refractivity contribution >= 4 is 33.4 Å². The standard InChI is InChI=1S/C37H35F2N7O3/c1-3-26-29(38)8-7-23-16-25(47)17-27(31(23)26)33-32(39)34-28(19-41-33)35(45-14-9-22(18-40)15-24(20-45)42-30(48)4-2)44-36(43-34)49-21-37-10-5-12-46(37)13-6-11-37/h1,4,7-8,16-17,19,22,24,47H,2,5-6,9-15,20-21H2,(H,42,48)/t22-,24-/m1/s1. The number of terminal acetylenes is 1. The molecule has 0 bridgehead atoms. The molecule has 2 aromatic heterocycles. The molecule has 0 aliphatic carbocycles. The molecule has 2 aromatic carbocycles. The van der Waals surface area contributed by atoms with Gasteiger partial charge in [-0.05, 0) is 81.3 Å². The number of nitrogens with zero attached hydrogens (tertiary/aromatic N) is 6. The molecule has 3 aliphatic rings. The Morgan fingerprint density at radius 3 is 2.76 bits per heavy atom. The second-order valence-electron chi connectivity index (χ2n) is 13.1. The Morgan fingerprint density at radius 1 is 1.22 bits per heavy atom. The van der Waals surface area contributed by atoms with Gasteiger partial charge in [-0.15, -0.1) is 6.42 Å². The van der Waals surface area contributed by atoms with Crippen LogP contribution < -0.4 is 15.0 Å². The fourth-order valence-corrected chi connectivity index (χ4v) is 7.81. The van der Waals surface area contributed by atoms with E-state index in [0.29, 0.717) is 37.2 Å². The van der Waals surface area contributed by atoms with E-state index in [1.165, 1.54) is 36.5 Å². The van der Waals surface area contributed by atoms with E-state index in [2.05, 4.69) is 38.8 Å². The zero-order valence-electron chi connectivity index (χ0n) is 26.9. The average molecular weight is 664 g/mol. The summed E-state index contributed by atoms with van der Waals surface area (Å²) in [6.07, 6.45) is 13.3. The number of carbonyl (C=O) groups excluding carboxylic acids is 1. The normalized spacial score (nSPS) is 20.4. The predicted molar refractivity (Wildman–Crippen MR) is 181 cm³/mol. The van der Waals surface area contributed by atoms with Crippen LogP contribution in [0.4, 0.5) is 14.6 Å². The summed E-state index contributed by atoms with van der Waals surface area (Å²) >= 11 is 0. The summed E-state index contributed by atoms with van der Waals surface area (Å²) in [5.74, 6) is 0.350. The highest BCUT2D eigenvalue weighted by Crippen LogP contribution is 2.41. The summed E-state index contributed by atoms with van der Waals surface area (Å²) < 4.78 is 38.2. The molecule has 3 fully saturated rings. The van der Waals surface area contributed by atoms with Gasteiger partial charge >= 0.3 is 6.01 Å². The minimum absolute atomic E-state index is 0.0180. The zero-order valence-corrected chi connectivity index (χ0v) is 26.9. The van der Waals surface area contributed by atoms with Crippen LogP contribution >= 0.6 is 0 Å². The molecule has 1 amide bonds. The Morgan fingerprint density at radius 2 is 2.02 bits per heavy atom. The topological polar surface area (TPSA) is 128 Å². The maximum absolute atomic E-state index is 17.0. The number of nitriles is 1. The summed E-state index contributed by atoms with van der Waals surface area (Å²) in [6, 6.07) is 7.29. The minimum atomic E-state index is -0.826. The Balaban J connectivity index is 1.38. The lowest BCUT2D eigenvalue weighted by Gasteiger charge is -2.31. The molecule has 3 saturated heterocycles. The molecule has 0 unspecified atom stereocenters. The van der Waals surface area contributed by atoms with Crippen molar-refractivity contribution in [3.8, 4) is 41.4 Å². The van der Waals surface area contributed by atoms with E-state index < -0.39 is 17.7 Å². The highest BCUT2D eigenvalue weighted by atomic mass is 19.1. The summed E-state index contributed by atoms with van der Waals surface area (Å²) in [5, 5.41) is 24.2. The summed E-state index contributed by atoms with van der Waals surface area (Å²) in [6.45, 7) is 6.57. The zero-order chi connectivity index (χ0) is 34.3. The van der Waals surface area contributed by atoms with E-state index in [1.807, 2.05) is 4.90 Å². The number of halogens is 2. The number of aromatic hydroxyl groups is 1.